The first-order valence-electron chi connectivity index (χ1n) is 9.40. The molecule has 3 aromatic heterocycles. The summed E-state index contributed by atoms with van der Waals surface area (Å²) in [7, 11) is 1.76. The van der Waals surface area contributed by atoms with Crippen molar-refractivity contribution < 1.29 is 4.74 Å². The molecule has 0 amide bonds. The summed E-state index contributed by atoms with van der Waals surface area (Å²) in [5.74, 6) is 0.434. The van der Waals surface area contributed by atoms with Crippen molar-refractivity contribution in [3.63, 3.8) is 0 Å². The van der Waals surface area contributed by atoms with Gasteiger partial charge >= 0.3 is 0 Å². The predicted octanol–water partition coefficient (Wildman–Crippen LogP) is 5.44. The van der Waals surface area contributed by atoms with E-state index in [1.807, 2.05) is 6.20 Å². The molecule has 0 radical (unpaired) electrons. The van der Waals surface area contributed by atoms with Gasteiger partial charge in [-0.15, -0.1) is 0 Å². The van der Waals surface area contributed by atoms with Gasteiger partial charge in [-0.1, -0.05) is 20.8 Å². The molecule has 0 aromatic carbocycles. The Hall–Kier alpha value is -2.20. The normalized spacial score (nSPS) is 12.9. The Labute approximate surface area is 156 Å². The minimum absolute atomic E-state index is 0.329. The van der Waals surface area contributed by atoms with Crippen LogP contribution < -0.4 is 0 Å². The average Bonchev–Trinajstić information content (AvgIpc) is 2.94. The summed E-state index contributed by atoms with van der Waals surface area (Å²) < 4.78 is 7.73. The maximum Gasteiger partial charge on any atom is 0.0917 e. The number of nitrogens with zero attached hydrogens (tertiary/aromatic N) is 3. The van der Waals surface area contributed by atoms with Crippen LogP contribution in [-0.2, 0) is 4.74 Å². The average molecular weight is 351 g/mol. The SMILES string of the molecule is CCC(COC)n1cc(C)c2nc(-c3ccc(C(C)C)nc3)c(C)cc21. The number of pyridine rings is 2. The highest BCUT2D eigenvalue weighted by Gasteiger charge is 2.17. The fourth-order valence-corrected chi connectivity index (χ4v) is 3.49. The summed E-state index contributed by atoms with van der Waals surface area (Å²) in [6, 6.07) is 6.82. The second-order valence-corrected chi connectivity index (χ2v) is 7.38. The summed E-state index contributed by atoms with van der Waals surface area (Å²) in [6.45, 7) is 11.5. The standard InChI is InChI=1S/C22H29N3O/c1-7-18(13-26-6)25-12-16(5)22-20(25)10-15(4)21(24-22)17-8-9-19(14(2)3)23-11-17/h8-12,14,18H,7,13H2,1-6H3. The molecule has 26 heavy (non-hydrogen) atoms. The van der Waals surface area contributed by atoms with Crippen LogP contribution in [0.25, 0.3) is 22.3 Å². The van der Waals surface area contributed by atoms with Crippen molar-refractivity contribution in [2.24, 2.45) is 0 Å². The third kappa shape index (κ3) is 3.38. The molecule has 3 aromatic rings. The monoisotopic (exact) mass is 351 g/mol. The number of hydrogen-bond donors (Lipinski definition) is 0. The quantitative estimate of drug-likeness (QED) is 0.594. The van der Waals surface area contributed by atoms with Crippen molar-refractivity contribution >= 4 is 11.0 Å². The van der Waals surface area contributed by atoms with E-state index in [0.717, 1.165) is 28.9 Å². The van der Waals surface area contributed by atoms with Gasteiger partial charge in [-0.2, -0.15) is 0 Å². The van der Waals surface area contributed by atoms with Crippen LogP contribution >= 0.6 is 0 Å². The molecule has 0 spiro atoms. The van der Waals surface area contributed by atoms with Gasteiger partial charge in [0.15, 0.2) is 0 Å². The van der Waals surface area contributed by atoms with Gasteiger partial charge in [-0.05, 0) is 55.5 Å². The van der Waals surface area contributed by atoms with Crippen LogP contribution in [-0.4, -0.2) is 28.3 Å². The Morgan fingerprint density at radius 1 is 1.15 bits per heavy atom. The number of ether oxygens (including phenoxy) is 1. The zero-order valence-electron chi connectivity index (χ0n) is 16.7. The Balaban J connectivity index is 2.09. The second kappa shape index (κ2) is 7.58. The van der Waals surface area contributed by atoms with E-state index in [2.05, 4.69) is 68.6 Å². The minimum Gasteiger partial charge on any atom is -0.383 e. The zero-order chi connectivity index (χ0) is 18.8. The van der Waals surface area contributed by atoms with Crippen LogP contribution in [0.2, 0.25) is 0 Å². The lowest BCUT2D eigenvalue weighted by Gasteiger charge is -2.18. The molecule has 0 N–H and O–H groups in total. The highest BCUT2D eigenvalue weighted by molar-refractivity contribution is 5.84. The molecule has 3 heterocycles. The molecule has 0 fully saturated rings. The van der Waals surface area contributed by atoms with Gasteiger partial charge in [0.2, 0.25) is 0 Å². The molecule has 0 saturated heterocycles. The molecular formula is C22H29N3O. The van der Waals surface area contributed by atoms with Gasteiger partial charge in [0.25, 0.3) is 0 Å². The lowest BCUT2D eigenvalue weighted by atomic mass is 10.0. The fourth-order valence-electron chi connectivity index (χ4n) is 3.49. The molecule has 0 aliphatic carbocycles. The predicted molar refractivity (Wildman–Crippen MR) is 108 cm³/mol. The molecule has 1 unspecified atom stereocenters. The van der Waals surface area contributed by atoms with E-state index >= 15 is 0 Å². The van der Waals surface area contributed by atoms with E-state index in [1.54, 1.807) is 7.11 Å². The smallest absolute Gasteiger partial charge is 0.0917 e. The van der Waals surface area contributed by atoms with Crippen LogP contribution in [0.15, 0.2) is 30.6 Å². The van der Waals surface area contributed by atoms with Gasteiger partial charge in [0, 0.05) is 30.8 Å². The Morgan fingerprint density at radius 2 is 1.92 bits per heavy atom. The highest BCUT2D eigenvalue weighted by atomic mass is 16.5. The molecule has 0 aliphatic rings. The van der Waals surface area contributed by atoms with Crippen molar-refractivity contribution in [2.75, 3.05) is 13.7 Å². The van der Waals surface area contributed by atoms with E-state index < -0.39 is 0 Å². The molecule has 0 aliphatic heterocycles. The summed E-state index contributed by atoms with van der Waals surface area (Å²) in [5, 5.41) is 0. The van der Waals surface area contributed by atoms with Crippen LogP contribution in [0.4, 0.5) is 0 Å². The highest BCUT2D eigenvalue weighted by Crippen LogP contribution is 2.30. The third-order valence-electron chi connectivity index (χ3n) is 5.05. The molecule has 138 valence electrons. The second-order valence-electron chi connectivity index (χ2n) is 7.38. The minimum atomic E-state index is 0.329. The van der Waals surface area contributed by atoms with E-state index in [9.17, 15) is 0 Å². The van der Waals surface area contributed by atoms with Crippen LogP contribution in [0, 0.1) is 13.8 Å². The van der Waals surface area contributed by atoms with E-state index in [-0.39, 0.29) is 0 Å². The first kappa shape index (κ1) is 18.6. The number of hydrogen-bond acceptors (Lipinski definition) is 3. The van der Waals surface area contributed by atoms with Crippen LogP contribution in [0.1, 0.15) is 56.0 Å². The molecule has 0 saturated carbocycles. The molecule has 4 nitrogen and oxygen atoms in total. The van der Waals surface area contributed by atoms with Gasteiger partial charge in [-0.25, -0.2) is 4.98 Å². The van der Waals surface area contributed by atoms with Gasteiger partial charge in [-0.3, -0.25) is 4.98 Å². The number of aromatic nitrogens is 3. The summed E-state index contributed by atoms with van der Waals surface area (Å²) in [6.07, 6.45) is 5.18. The maximum atomic E-state index is 5.41. The molecule has 0 bridgehead atoms. The summed E-state index contributed by atoms with van der Waals surface area (Å²) >= 11 is 0. The Morgan fingerprint density at radius 3 is 2.50 bits per heavy atom. The number of rotatable bonds is 6. The summed E-state index contributed by atoms with van der Waals surface area (Å²) in [4.78, 5) is 9.62. The molecule has 4 heteroatoms. The van der Waals surface area contributed by atoms with Gasteiger partial charge in [0.05, 0.1) is 29.4 Å². The number of aryl methyl sites for hydroxylation is 2. The van der Waals surface area contributed by atoms with E-state index in [0.29, 0.717) is 18.6 Å². The summed E-state index contributed by atoms with van der Waals surface area (Å²) in [5.41, 5.74) is 7.81. The van der Waals surface area contributed by atoms with E-state index in [1.165, 1.54) is 16.6 Å². The largest absolute Gasteiger partial charge is 0.383 e. The van der Waals surface area contributed by atoms with Crippen LogP contribution in [0.3, 0.4) is 0 Å². The lowest BCUT2D eigenvalue weighted by molar-refractivity contribution is 0.155. The zero-order valence-corrected chi connectivity index (χ0v) is 16.7. The van der Waals surface area contributed by atoms with Crippen molar-refractivity contribution in [1.82, 2.24) is 14.5 Å². The van der Waals surface area contributed by atoms with Crippen molar-refractivity contribution in [3.05, 3.63) is 47.4 Å². The number of methoxy groups -OCH3 is 1. The number of fused-ring (bicyclic) bond motifs is 1. The maximum absolute atomic E-state index is 5.41. The van der Waals surface area contributed by atoms with Crippen molar-refractivity contribution in [3.8, 4) is 11.3 Å². The molecular weight excluding hydrogens is 322 g/mol. The van der Waals surface area contributed by atoms with Gasteiger partial charge < -0.3 is 9.30 Å². The fraction of sp³-hybridized carbons (Fsp3) is 0.455. The molecule has 3 rings (SSSR count). The first-order valence-corrected chi connectivity index (χ1v) is 9.40. The van der Waals surface area contributed by atoms with Gasteiger partial charge in [0.1, 0.15) is 0 Å². The molecule has 1 atom stereocenters. The topological polar surface area (TPSA) is 39.9 Å². The third-order valence-corrected chi connectivity index (χ3v) is 5.05. The Bertz CT molecular complexity index is 894. The van der Waals surface area contributed by atoms with Crippen LogP contribution in [0.5, 0.6) is 0 Å². The van der Waals surface area contributed by atoms with E-state index in [4.69, 9.17) is 9.72 Å². The lowest BCUT2D eigenvalue weighted by Crippen LogP contribution is -2.13. The Kier molecular flexibility index (Phi) is 5.42. The first-order chi connectivity index (χ1) is 12.5. The van der Waals surface area contributed by atoms with Crippen molar-refractivity contribution in [1.29, 1.82) is 0 Å². The van der Waals surface area contributed by atoms with Crippen molar-refractivity contribution in [2.45, 2.75) is 53.0 Å².